The number of carbonyl (C=O) groups is 1. The Bertz CT molecular complexity index is 786. The van der Waals surface area contributed by atoms with Gasteiger partial charge in [-0.2, -0.15) is 0 Å². The van der Waals surface area contributed by atoms with Gasteiger partial charge in [0.1, 0.15) is 0 Å². The first kappa shape index (κ1) is 22.7. The highest BCUT2D eigenvalue weighted by Crippen LogP contribution is 2.68. The maximum absolute atomic E-state index is 13.4. The van der Waals surface area contributed by atoms with Crippen molar-refractivity contribution in [3.05, 3.63) is 11.9 Å². The van der Waals surface area contributed by atoms with Crippen LogP contribution in [0.5, 0.6) is 0 Å². The van der Waals surface area contributed by atoms with Crippen LogP contribution in [0, 0.1) is 40.4 Å². The van der Waals surface area contributed by atoms with Crippen LogP contribution in [-0.2, 0) is 9.53 Å². The van der Waals surface area contributed by atoms with Gasteiger partial charge in [-0.1, -0.05) is 13.8 Å². The largest absolute Gasteiger partial charge is 0.387 e. The second-order valence-electron chi connectivity index (χ2n) is 12.3. The first-order chi connectivity index (χ1) is 15.2. The molecule has 8 atom stereocenters. The van der Waals surface area contributed by atoms with Gasteiger partial charge in [0.2, 0.25) is 0 Å². The predicted molar refractivity (Wildman–Crippen MR) is 124 cm³/mol. The summed E-state index contributed by atoms with van der Waals surface area (Å²) in [6.45, 7) is 7.89. The van der Waals surface area contributed by atoms with E-state index in [9.17, 15) is 9.90 Å². The number of hydrazine groups is 2. The average Bonchev–Trinajstić information content (AvgIpc) is 3.31. The van der Waals surface area contributed by atoms with Crippen LogP contribution < -0.4 is 11.0 Å². The Hall–Kier alpha value is -1.11. The van der Waals surface area contributed by atoms with E-state index >= 15 is 0 Å². The highest BCUT2D eigenvalue weighted by atomic mass is 16.5. The molecule has 5 aliphatic rings. The maximum Gasteiger partial charge on any atom is 0.157 e. The van der Waals surface area contributed by atoms with Crippen molar-refractivity contribution in [3.8, 4) is 0 Å². The van der Waals surface area contributed by atoms with Gasteiger partial charge in [-0.15, -0.1) is 5.53 Å². The molecule has 0 saturated heterocycles. The zero-order valence-corrected chi connectivity index (χ0v) is 20.5. The number of hydrogen-bond donors (Lipinski definition) is 3. The third kappa shape index (κ3) is 3.52. The summed E-state index contributed by atoms with van der Waals surface area (Å²) in [5.41, 5.74) is 7.05. The smallest absolute Gasteiger partial charge is 0.157 e. The summed E-state index contributed by atoms with van der Waals surface area (Å²) in [5, 5.41) is 13.0. The molecule has 1 heterocycles. The first-order valence-electron chi connectivity index (χ1n) is 12.9. The van der Waals surface area contributed by atoms with E-state index in [4.69, 9.17) is 4.74 Å². The Kier molecular flexibility index (Phi) is 5.66. The van der Waals surface area contributed by atoms with Crippen LogP contribution >= 0.6 is 0 Å². The molecule has 0 radical (unpaired) electrons. The Morgan fingerprint density at radius 1 is 1.12 bits per heavy atom. The molecule has 0 spiro atoms. The number of aliphatic hydroxyl groups is 1. The van der Waals surface area contributed by atoms with E-state index in [1.165, 1.54) is 32.1 Å². The van der Waals surface area contributed by atoms with Crippen molar-refractivity contribution >= 4 is 5.78 Å². The van der Waals surface area contributed by atoms with Gasteiger partial charge in [0.25, 0.3) is 0 Å². The summed E-state index contributed by atoms with van der Waals surface area (Å²) in [6.07, 6.45) is 12.1. The van der Waals surface area contributed by atoms with Gasteiger partial charge < -0.3 is 15.3 Å². The van der Waals surface area contributed by atoms with Crippen LogP contribution in [0.2, 0.25) is 0 Å². The molecule has 180 valence electrons. The predicted octanol–water partition coefficient (Wildman–Crippen LogP) is 3.78. The van der Waals surface area contributed by atoms with Gasteiger partial charge in [0.05, 0.1) is 18.8 Å². The number of fused-ring (bicyclic) bond motifs is 5. The molecule has 1 aliphatic heterocycles. The molecule has 0 aromatic rings. The van der Waals surface area contributed by atoms with E-state index in [1.807, 2.05) is 18.1 Å². The van der Waals surface area contributed by atoms with Gasteiger partial charge in [-0.25, -0.2) is 0 Å². The van der Waals surface area contributed by atoms with Crippen LogP contribution in [0.15, 0.2) is 11.9 Å². The van der Waals surface area contributed by atoms with Crippen molar-refractivity contribution in [2.24, 2.45) is 40.4 Å². The highest BCUT2D eigenvalue weighted by molar-refractivity contribution is 5.84. The van der Waals surface area contributed by atoms with Crippen molar-refractivity contribution in [3.63, 3.8) is 0 Å². The van der Waals surface area contributed by atoms with E-state index in [0.717, 1.165) is 43.2 Å². The van der Waals surface area contributed by atoms with E-state index in [0.29, 0.717) is 36.2 Å². The quantitative estimate of drug-likeness (QED) is 0.598. The number of nitrogens with one attached hydrogen (secondary N) is 2. The highest BCUT2D eigenvalue weighted by Gasteiger charge is 2.62. The van der Waals surface area contributed by atoms with Crippen LogP contribution in [0.1, 0.15) is 78.6 Å². The number of carbonyl (C=O) groups excluding carboxylic acids is 1. The Balaban J connectivity index is 1.30. The summed E-state index contributed by atoms with van der Waals surface area (Å²) in [4.78, 5) is 13.4. The standard InChI is InChI=1S/C26H43N3O3/c1-17-14-29(28-27-17)15-23(30)22-8-7-20-19-6-5-18-13-26(31,16-32-4)12-11-24(18,2)21(19)9-10-25(20,22)3/h14,18-22,27-28,31H,5-13,15-16H2,1-4H3/t18-,19?,20-,21-,22+,24-,25-,26+/m0/s1. The number of ketones is 1. The molecular formula is C26H43N3O3. The van der Waals surface area contributed by atoms with E-state index in [1.54, 1.807) is 7.11 Å². The molecule has 0 bridgehead atoms. The third-order valence-electron chi connectivity index (χ3n) is 10.7. The minimum atomic E-state index is -0.634. The van der Waals surface area contributed by atoms with E-state index in [2.05, 4.69) is 24.8 Å². The number of nitrogens with zero attached hydrogens (tertiary/aromatic N) is 1. The van der Waals surface area contributed by atoms with Crippen LogP contribution in [-0.4, -0.2) is 41.8 Å². The SMILES string of the molecule is COC[C@@]1(O)CC[C@@]2(C)[C@@H](CCC3[C@@H]2CC[C@]2(C)[C@@H](C(=O)CN4C=C(C)NN4)CC[C@@H]32)C1. The van der Waals surface area contributed by atoms with Crippen molar-refractivity contribution < 1.29 is 14.6 Å². The Morgan fingerprint density at radius 3 is 2.62 bits per heavy atom. The van der Waals surface area contributed by atoms with E-state index in [-0.39, 0.29) is 11.3 Å². The number of hydrogen-bond acceptors (Lipinski definition) is 6. The number of methoxy groups -OCH3 is 1. The average molecular weight is 446 g/mol. The maximum atomic E-state index is 13.4. The van der Waals surface area contributed by atoms with Gasteiger partial charge in [0, 0.05) is 24.9 Å². The van der Waals surface area contributed by atoms with Gasteiger partial charge in [-0.05, 0) is 99.2 Å². The summed E-state index contributed by atoms with van der Waals surface area (Å²) in [7, 11) is 1.70. The van der Waals surface area contributed by atoms with Crippen LogP contribution in [0.25, 0.3) is 0 Å². The van der Waals surface area contributed by atoms with Crippen molar-refractivity contribution in [1.29, 1.82) is 0 Å². The summed E-state index contributed by atoms with van der Waals surface area (Å²) < 4.78 is 5.36. The van der Waals surface area contributed by atoms with Crippen molar-refractivity contribution in [1.82, 2.24) is 16.0 Å². The minimum absolute atomic E-state index is 0.152. The molecule has 1 unspecified atom stereocenters. The third-order valence-corrected chi connectivity index (χ3v) is 10.7. The molecule has 4 aliphatic carbocycles. The van der Waals surface area contributed by atoms with Gasteiger partial charge >= 0.3 is 0 Å². The van der Waals surface area contributed by atoms with Crippen molar-refractivity contribution in [2.45, 2.75) is 84.2 Å². The molecule has 0 amide bonds. The fourth-order valence-corrected chi connectivity index (χ4v) is 9.07. The summed E-state index contributed by atoms with van der Waals surface area (Å²) >= 11 is 0. The Morgan fingerprint density at radius 2 is 1.91 bits per heavy atom. The fraction of sp³-hybridized carbons (Fsp3) is 0.885. The second-order valence-corrected chi connectivity index (χ2v) is 12.3. The molecule has 6 nitrogen and oxygen atoms in total. The van der Waals surface area contributed by atoms with Crippen molar-refractivity contribution in [2.75, 3.05) is 20.3 Å². The molecular weight excluding hydrogens is 402 g/mol. The molecule has 4 fully saturated rings. The molecule has 32 heavy (non-hydrogen) atoms. The lowest BCUT2D eigenvalue weighted by molar-refractivity contribution is -0.164. The number of Topliss-reactive ketones (excluding diaryl/α,β-unsaturated/α-hetero) is 1. The fourth-order valence-electron chi connectivity index (χ4n) is 9.07. The number of ether oxygens (including phenoxy) is 1. The first-order valence-corrected chi connectivity index (χ1v) is 12.9. The monoisotopic (exact) mass is 445 g/mol. The molecule has 3 N–H and O–H groups in total. The number of rotatable bonds is 5. The minimum Gasteiger partial charge on any atom is -0.387 e. The zero-order chi connectivity index (χ0) is 22.7. The lowest BCUT2D eigenvalue weighted by Gasteiger charge is -2.62. The normalized spacial score (nSPS) is 47.8. The lowest BCUT2D eigenvalue weighted by Crippen LogP contribution is -2.57. The molecule has 5 rings (SSSR count). The summed E-state index contributed by atoms with van der Waals surface area (Å²) in [5.74, 6) is 3.36. The Labute approximate surface area is 193 Å². The molecule has 6 heteroatoms. The summed E-state index contributed by atoms with van der Waals surface area (Å²) in [6, 6.07) is 0. The molecule has 4 saturated carbocycles. The lowest BCUT2D eigenvalue weighted by atomic mass is 9.44. The van der Waals surface area contributed by atoms with Crippen LogP contribution in [0.3, 0.4) is 0 Å². The second kappa shape index (κ2) is 7.99. The topological polar surface area (TPSA) is 73.8 Å². The molecule has 0 aromatic carbocycles. The number of allylic oxidation sites excluding steroid dienone is 1. The molecule has 0 aromatic heterocycles. The van der Waals surface area contributed by atoms with Gasteiger partial charge in [0.15, 0.2) is 5.78 Å². The zero-order valence-electron chi connectivity index (χ0n) is 20.5. The van der Waals surface area contributed by atoms with E-state index < -0.39 is 5.60 Å². The van der Waals surface area contributed by atoms with Gasteiger partial charge in [-0.3, -0.25) is 9.80 Å². The van der Waals surface area contributed by atoms with Crippen LogP contribution in [0.4, 0.5) is 0 Å².